The largest absolute Gasteiger partial charge is 1.00 e. The fourth-order valence-electron chi connectivity index (χ4n) is 5.02. The van der Waals surface area contributed by atoms with Gasteiger partial charge in [0.2, 0.25) is 11.7 Å². The number of benzene rings is 2. The number of fused-ring (bicyclic) bond motifs is 1. The number of imidazole rings is 1. The van der Waals surface area contributed by atoms with Gasteiger partial charge in [0, 0.05) is 38.4 Å². The van der Waals surface area contributed by atoms with E-state index in [0.29, 0.717) is 25.3 Å². The summed E-state index contributed by atoms with van der Waals surface area (Å²) in [5.74, 6) is 0.848. The van der Waals surface area contributed by atoms with Crippen LogP contribution in [0.3, 0.4) is 0 Å². The number of carbonyl (C=O) groups is 2. The van der Waals surface area contributed by atoms with Gasteiger partial charge in [-0.3, -0.25) is 4.79 Å². The van der Waals surface area contributed by atoms with Gasteiger partial charge in [-0.25, -0.2) is 9.78 Å². The van der Waals surface area contributed by atoms with E-state index in [-0.39, 0.29) is 36.9 Å². The number of amides is 1. The monoisotopic (exact) mass is 523 g/mol. The van der Waals surface area contributed by atoms with Gasteiger partial charge in [0.1, 0.15) is 5.82 Å². The van der Waals surface area contributed by atoms with Gasteiger partial charge in [-0.2, -0.15) is 5.21 Å². The molecule has 5 rings (SSSR count). The fourth-order valence-corrected chi connectivity index (χ4v) is 5.02. The molecule has 0 spiro atoms. The summed E-state index contributed by atoms with van der Waals surface area (Å²) in [5, 5.41) is 14.5. The van der Waals surface area contributed by atoms with E-state index >= 15 is 0 Å². The van der Waals surface area contributed by atoms with Crippen molar-refractivity contribution in [2.45, 2.75) is 45.7 Å². The quantitative estimate of drug-likeness (QED) is 0.276. The van der Waals surface area contributed by atoms with E-state index < -0.39 is 12.0 Å². The first-order valence-electron chi connectivity index (χ1n) is 12.4. The second-order valence-electron chi connectivity index (χ2n) is 9.06. The number of aryl methyl sites for hydroxylation is 1. The number of carbonyl (C=O) groups excluding carboxylic acids is 2. The Labute approximate surface area is 244 Å². The normalized spacial score (nSPS) is 14.5. The minimum Gasteiger partial charge on any atom is -1.00 e. The SMILES string of the molecule is CCCc1nc2c(n1Cc1ccc(-c3ccccc3-c3nn[nH]n3)cc1)C(C(=O)OC)N(C(C)=O)CC2.[H-].[Na+]. The van der Waals surface area contributed by atoms with Gasteiger partial charge in [-0.05, 0) is 28.3 Å². The van der Waals surface area contributed by atoms with E-state index in [1.807, 2.05) is 24.3 Å². The minimum absolute atomic E-state index is 0. The van der Waals surface area contributed by atoms with Gasteiger partial charge in [0.25, 0.3) is 0 Å². The van der Waals surface area contributed by atoms with Crippen LogP contribution >= 0.6 is 0 Å². The molecule has 0 aliphatic carbocycles. The maximum absolute atomic E-state index is 12.9. The number of tetrazole rings is 1. The van der Waals surface area contributed by atoms with Crippen molar-refractivity contribution in [1.82, 2.24) is 35.1 Å². The number of ether oxygens (including phenoxy) is 1. The van der Waals surface area contributed by atoms with Crippen molar-refractivity contribution in [3.8, 4) is 22.5 Å². The van der Waals surface area contributed by atoms with Crippen molar-refractivity contribution >= 4 is 11.9 Å². The standard InChI is InChI=1S/C27H29N7O3.Na.H/c1-4-7-23-28-22-14-15-33(17(2)35)25(27(36)37-3)24(22)34(23)16-18-10-12-19(13-11-18)20-8-5-6-9-21(20)26-29-31-32-30-26;;/h5-6,8-13,25H,4,7,14-16H2,1-3H3,(H,29,30,31,32);;/q;+1;-1. The molecule has 0 saturated heterocycles. The summed E-state index contributed by atoms with van der Waals surface area (Å²) < 4.78 is 7.21. The number of H-pyrrole nitrogens is 1. The second kappa shape index (κ2) is 12.0. The molecule has 1 aliphatic heterocycles. The van der Waals surface area contributed by atoms with Gasteiger partial charge in [0.15, 0.2) is 6.04 Å². The van der Waals surface area contributed by atoms with Crippen molar-refractivity contribution in [3.05, 3.63) is 71.3 Å². The molecule has 2 aromatic carbocycles. The molecule has 0 saturated carbocycles. The molecule has 1 unspecified atom stereocenters. The summed E-state index contributed by atoms with van der Waals surface area (Å²) in [6.45, 7) is 4.57. The maximum Gasteiger partial charge on any atom is 1.00 e. The zero-order valence-electron chi connectivity index (χ0n) is 23.1. The predicted molar refractivity (Wildman–Crippen MR) is 137 cm³/mol. The van der Waals surface area contributed by atoms with Crippen molar-refractivity contribution in [2.24, 2.45) is 0 Å². The molecule has 11 heteroatoms. The molecule has 0 radical (unpaired) electrons. The van der Waals surface area contributed by atoms with Crippen LogP contribution in [0.5, 0.6) is 0 Å². The van der Waals surface area contributed by atoms with Gasteiger partial charge in [-0.15, -0.1) is 10.2 Å². The summed E-state index contributed by atoms with van der Waals surface area (Å²) in [4.78, 5) is 31.8. The summed E-state index contributed by atoms with van der Waals surface area (Å²) >= 11 is 0. The molecule has 1 N–H and O–H groups in total. The summed E-state index contributed by atoms with van der Waals surface area (Å²) in [7, 11) is 1.35. The Morgan fingerprint density at radius 2 is 1.87 bits per heavy atom. The van der Waals surface area contributed by atoms with Crippen LogP contribution in [0.4, 0.5) is 0 Å². The van der Waals surface area contributed by atoms with Crippen LogP contribution in [-0.2, 0) is 33.7 Å². The second-order valence-corrected chi connectivity index (χ2v) is 9.06. The molecule has 192 valence electrons. The summed E-state index contributed by atoms with van der Waals surface area (Å²) in [6, 6.07) is 15.4. The first kappa shape index (κ1) is 27.7. The number of nitrogens with zero attached hydrogens (tertiary/aromatic N) is 6. The number of nitrogens with one attached hydrogen (secondary N) is 1. The minimum atomic E-state index is -0.800. The number of esters is 1. The average Bonchev–Trinajstić information content (AvgIpc) is 3.57. The first-order valence-corrected chi connectivity index (χ1v) is 12.4. The van der Waals surface area contributed by atoms with Crippen molar-refractivity contribution < 1.29 is 45.3 Å². The van der Waals surface area contributed by atoms with Crippen molar-refractivity contribution in [1.29, 1.82) is 0 Å². The predicted octanol–water partition coefficient (Wildman–Crippen LogP) is 0.466. The van der Waals surface area contributed by atoms with Crippen LogP contribution in [0.1, 0.15) is 50.5 Å². The van der Waals surface area contributed by atoms with Crippen molar-refractivity contribution in [2.75, 3.05) is 13.7 Å². The van der Waals surface area contributed by atoms with Crippen LogP contribution in [0.15, 0.2) is 48.5 Å². The average molecular weight is 524 g/mol. The molecule has 4 aromatic rings. The Bertz CT molecular complexity index is 1420. The number of hydrogen-bond acceptors (Lipinski definition) is 7. The van der Waals surface area contributed by atoms with Gasteiger partial charge in [0.05, 0.1) is 18.5 Å². The third kappa shape index (κ3) is 5.29. The Balaban J connectivity index is 0.00000210. The van der Waals surface area contributed by atoms with Crippen molar-refractivity contribution in [3.63, 3.8) is 0 Å². The van der Waals surface area contributed by atoms with Crippen LogP contribution in [0, 0.1) is 0 Å². The van der Waals surface area contributed by atoms with Crippen LogP contribution in [0.25, 0.3) is 22.5 Å². The molecule has 1 atom stereocenters. The molecule has 10 nitrogen and oxygen atoms in total. The Morgan fingerprint density at radius 1 is 1.13 bits per heavy atom. The molecule has 3 heterocycles. The Kier molecular flexibility index (Phi) is 8.76. The molecule has 1 aliphatic rings. The van der Waals surface area contributed by atoms with Gasteiger partial charge >= 0.3 is 35.5 Å². The summed E-state index contributed by atoms with van der Waals surface area (Å²) in [6.07, 6.45) is 2.30. The number of methoxy groups -OCH3 is 1. The third-order valence-electron chi connectivity index (χ3n) is 6.74. The van der Waals surface area contributed by atoms with E-state index in [0.717, 1.165) is 52.3 Å². The Hall–Kier alpha value is -3.34. The van der Waals surface area contributed by atoms with Crippen LogP contribution < -0.4 is 29.6 Å². The molecule has 0 fully saturated rings. The topological polar surface area (TPSA) is 119 Å². The maximum atomic E-state index is 12.9. The zero-order valence-corrected chi connectivity index (χ0v) is 24.1. The van der Waals surface area contributed by atoms with Crippen LogP contribution in [0.2, 0.25) is 0 Å². The molecular formula is C27H30N7NaO3. The Morgan fingerprint density at radius 3 is 2.50 bits per heavy atom. The van der Waals surface area contributed by atoms with Crippen LogP contribution in [-0.4, -0.2) is 60.6 Å². The molecule has 2 aromatic heterocycles. The smallest absolute Gasteiger partial charge is 1.00 e. The first-order chi connectivity index (χ1) is 18.0. The fraction of sp³-hybridized carbons (Fsp3) is 0.333. The molecular weight excluding hydrogens is 493 g/mol. The van der Waals surface area contributed by atoms with E-state index in [2.05, 4.69) is 56.4 Å². The molecule has 0 bridgehead atoms. The number of hydrogen-bond donors (Lipinski definition) is 1. The molecule has 1 amide bonds. The van der Waals surface area contributed by atoms with Gasteiger partial charge in [-0.1, -0.05) is 55.5 Å². The van der Waals surface area contributed by atoms with Gasteiger partial charge < -0.3 is 15.6 Å². The van der Waals surface area contributed by atoms with E-state index in [1.54, 1.807) is 4.90 Å². The van der Waals surface area contributed by atoms with E-state index in [1.165, 1.54) is 14.0 Å². The number of aromatic nitrogens is 6. The number of aromatic amines is 1. The number of rotatable bonds is 7. The third-order valence-corrected chi connectivity index (χ3v) is 6.74. The summed E-state index contributed by atoms with van der Waals surface area (Å²) in [5.41, 5.74) is 5.60. The van der Waals surface area contributed by atoms with E-state index in [9.17, 15) is 9.59 Å². The molecule has 38 heavy (non-hydrogen) atoms. The van der Waals surface area contributed by atoms with E-state index in [4.69, 9.17) is 9.72 Å². The zero-order chi connectivity index (χ0) is 25.9.